The van der Waals surface area contributed by atoms with E-state index >= 15 is 0 Å². The van der Waals surface area contributed by atoms with E-state index in [0.29, 0.717) is 12.0 Å². The molecule has 2 heterocycles. The second-order valence-electron chi connectivity index (χ2n) is 4.87. The van der Waals surface area contributed by atoms with Gasteiger partial charge in [0.1, 0.15) is 5.75 Å². The van der Waals surface area contributed by atoms with Crippen LogP contribution in [0.5, 0.6) is 5.75 Å². The van der Waals surface area contributed by atoms with Crippen molar-refractivity contribution in [3.8, 4) is 5.75 Å². The number of Topliss-reactive ketones (excluding diaryl/α,β-unsaturated/α-hetero) is 1. The van der Waals surface area contributed by atoms with Crippen LogP contribution in [0, 0.1) is 0 Å². The molecule has 3 rings (SSSR count). The molecule has 0 N–H and O–H groups in total. The van der Waals surface area contributed by atoms with E-state index in [-0.39, 0.29) is 5.78 Å². The number of ketones is 1. The highest BCUT2D eigenvalue weighted by molar-refractivity contribution is 5.95. The van der Waals surface area contributed by atoms with Crippen LogP contribution in [0.25, 0.3) is 0 Å². The number of ether oxygens (including phenoxy) is 1. The first-order chi connectivity index (χ1) is 9.22. The van der Waals surface area contributed by atoms with Gasteiger partial charge in [-0.2, -0.15) is 5.10 Å². The minimum Gasteiger partial charge on any atom is -0.493 e. The first-order valence-electron chi connectivity index (χ1n) is 6.49. The van der Waals surface area contributed by atoms with Crippen LogP contribution in [0.4, 0.5) is 0 Å². The van der Waals surface area contributed by atoms with Crippen LogP contribution in [-0.2, 0) is 19.9 Å². The molecule has 0 saturated heterocycles. The van der Waals surface area contributed by atoms with E-state index in [1.165, 1.54) is 11.1 Å². The number of carbonyl (C=O) groups excluding carboxylic acids is 1. The lowest BCUT2D eigenvalue weighted by Crippen LogP contribution is -2.00. The maximum atomic E-state index is 12.0. The van der Waals surface area contributed by atoms with Gasteiger partial charge in [-0.05, 0) is 23.6 Å². The molecular weight excluding hydrogens is 240 g/mol. The molecule has 19 heavy (non-hydrogen) atoms. The van der Waals surface area contributed by atoms with Crippen LogP contribution in [0.15, 0.2) is 30.6 Å². The Hall–Kier alpha value is -2.10. The Kier molecular flexibility index (Phi) is 3.07. The quantitative estimate of drug-likeness (QED) is 0.787. The lowest BCUT2D eigenvalue weighted by atomic mass is 10.0. The third-order valence-corrected chi connectivity index (χ3v) is 3.42. The highest BCUT2D eigenvalue weighted by Crippen LogP contribution is 2.26. The average Bonchev–Trinajstić information content (AvgIpc) is 3.03. The van der Waals surface area contributed by atoms with Crippen molar-refractivity contribution in [2.45, 2.75) is 19.3 Å². The Morgan fingerprint density at radius 2 is 2.37 bits per heavy atom. The minimum atomic E-state index is 0.143. The number of hydrogen-bond donors (Lipinski definition) is 0. The molecule has 1 aromatic heterocycles. The van der Waals surface area contributed by atoms with Gasteiger partial charge < -0.3 is 4.74 Å². The van der Waals surface area contributed by atoms with E-state index in [2.05, 4.69) is 11.2 Å². The molecule has 2 aromatic rings. The van der Waals surface area contributed by atoms with Gasteiger partial charge in [0.25, 0.3) is 0 Å². The van der Waals surface area contributed by atoms with Gasteiger partial charge in [-0.25, -0.2) is 0 Å². The fraction of sp³-hybridized carbons (Fsp3) is 0.333. The fourth-order valence-corrected chi connectivity index (χ4v) is 2.36. The lowest BCUT2D eigenvalue weighted by molar-refractivity contribution is 0.0983. The molecule has 0 saturated carbocycles. The zero-order chi connectivity index (χ0) is 13.2. The monoisotopic (exact) mass is 256 g/mol. The van der Waals surface area contributed by atoms with Crippen molar-refractivity contribution in [3.05, 3.63) is 47.3 Å². The standard InChI is InChI=1S/C15H16N2O2/c1-17-10-13(9-16-17)14(18)4-2-11-3-5-15-12(8-11)6-7-19-15/h3,5,8-10H,2,4,6-7H2,1H3. The molecule has 98 valence electrons. The number of aromatic nitrogens is 2. The van der Waals surface area contributed by atoms with Gasteiger partial charge in [-0.15, -0.1) is 0 Å². The largest absolute Gasteiger partial charge is 0.493 e. The maximum Gasteiger partial charge on any atom is 0.166 e. The predicted octanol–water partition coefficient (Wildman–Crippen LogP) is 2.17. The first kappa shape index (κ1) is 12.0. The molecular formula is C15H16N2O2. The Bertz CT molecular complexity index is 616. The van der Waals surface area contributed by atoms with Crippen LogP contribution in [0.1, 0.15) is 27.9 Å². The van der Waals surface area contributed by atoms with Crippen molar-refractivity contribution >= 4 is 5.78 Å². The van der Waals surface area contributed by atoms with Gasteiger partial charge in [0.2, 0.25) is 0 Å². The molecule has 1 aliphatic rings. The number of nitrogens with zero attached hydrogens (tertiary/aromatic N) is 2. The third-order valence-electron chi connectivity index (χ3n) is 3.42. The van der Waals surface area contributed by atoms with Gasteiger partial charge in [-0.3, -0.25) is 9.48 Å². The summed E-state index contributed by atoms with van der Waals surface area (Å²) in [5.41, 5.74) is 3.14. The van der Waals surface area contributed by atoms with Crippen molar-refractivity contribution in [3.63, 3.8) is 0 Å². The van der Waals surface area contributed by atoms with Gasteiger partial charge in [0.05, 0.1) is 18.4 Å². The minimum absolute atomic E-state index is 0.143. The smallest absolute Gasteiger partial charge is 0.166 e. The second-order valence-corrected chi connectivity index (χ2v) is 4.87. The molecule has 0 aliphatic carbocycles. The molecule has 0 bridgehead atoms. The van der Waals surface area contributed by atoms with Crippen molar-refractivity contribution in [2.75, 3.05) is 6.61 Å². The van der Waals surface area contributed by atoms with E-state index in [9.17, 15) is 4.79 Å². The van der Waals surface area contributed by atoms with Crippen molar-refractivity contribution in [2.24, 2.45) is 7.05 Å². The van der Waals surface area contributed by atoms with Crippen molar-refractivity contribution in [1.29, 1.82) is 0 Å². The summed E-state index contributed by atoms with van der Waals surface area (Å²) >= 11 is 0. The van der Waals surface area contributed by atoms with Crippen molar-refractivity contribution < 1.29 is 9.53 Å². The zero-order valence-electron chi connectivity index (χ0n) is 10.9. The van der Waals surface area contributed by atoms with Crippen LogP contribution in [0.3, 0.4) is 0 Å². The number of carbonyl (C=O) groups is 1. The predicted molar refractivity (Wildman–Crippen MR) is 71.5 cm³/mol. The normalized spacial score (nSPS) is 13.1. The van der Waals surface area contributed by atoms with Gasteiger partial charge in [-0.1, -0.05) is 12.1 Å². The highest BCUT2D eigenvalue weighted by Gasteiger charge is 2.13. The van der Waals surface area contributed by atoms with Gasteiger partial charge >= 0.3 is 0 Å². The fourth-order valence-electron chi connectivity index (χ4n) is 2.36. The molecule has 4 nitrogen and oxygen atoms in total. The first-order valence-corrected chi connectivity index (χ1v) is 6.49. The summed E-state index contributed by atoms with van der Waals surface area (Å²) in [5.74, 6) is 1.13. The summed E-state index contributed by atoms with van der Waals surface area (Å²) in [5, 5.41) is 4.02. The molecule has 4 heteroatoms. The number of hydrogen-bond acceptors (Lipinski definition) is 3. The molecule has 0 spiro atoms. The van der Waals surface area contributed by atoms with E-state index in [4.69, 9.17) is 4.74 Å². The molecule has 1 aromatic carbocycles. The molecule has 0 atom stereocenters. The van der Waals surface area contributed by atoms with E-state index in [1.807, 2.05) is 19.2 Å². The van der Waals surface area contributed by atoms with Crippen molar-refractivity contribution in [1.82, 2.24) is 9.78 Å². The summed E-state index contributed by atoms with van der Waals surface area (Å²) in [7, 11) is 1.82. The maximum absolute atomic E-state index is 12.0. The SMILES string of the molecule is Cn1cc(C(=O)CCc2ccc3c(c2)CCO3)cn1. The number of fused-ring (bicyclic) bond motifs is 1. The van der Waals surface area contributed by atoms with E-state index in [1.54, 1.807) is 17.1 Å². The van der Waals surface area contributed by atoms with Gasteiger partial charge in [0, 0.05) is 26.1 Å². The molecule has 1 aliphatic heterocycles. The number of benzene rings is 1. The van der Waals surface area contributed by atoms with Crippen LogP contribution >= 0.6 is 0 Å². The summed E-state index contributed by atoms with van der Waals surface area (Å²) < 4.78 is 7.13. The molecule has 0 fully saturated rings. The highest BCUT2D eigenvalue weighted by atomic mass is 16.5. The Balaban J connectivity index is 1.64. The second kappa shape index (κ2) is 4.88. The molecule has 0 unspecified atom stereocenters. The van der Waals surface area contributed by atoms with Gasteiger partial charge in [0.15, 0.2) is 5.78 Å². The van der Waals surface area contributed by atoms with Crippen LogP contribution in [0.2, 0.25) is 0 Å². The van der Waals surface area contributed by atoms with Crippen LogP contribution < -0.4 is 4.74 Å². The number of rotatable bonds is 4. The number of aryl methyl sites for hydroxylation is 2. The summed E-state index contributed by atoms with van der Waals surface area (Å²) in [4.78, 5) is 12.0. The summed E-state index contributed by atoms with van der Waals surface area (Å²) in [6.07, 6.45) is 5.64. The zero-order valence-corrected chi connectivity index (χ0v) is 10.9. The van der Waals surface area contributed by atoms with E-state index in [0.717, 1.165) is 25.2 Å². The Morgan fingerprint density at radius 1 is 1.47 bits per heavy atom. The average molecular weight is 256 g/mol. The summed E-state index contributed by atoms with van der Waals surface area (Å²) in [6.45, 7) is 0.771. The third kappa shape index (κ3) is 2.52. The lowest BCUT2D eigenvalue weighted by Gasteiger charge is -2.03. The molecule has 0 amide bonds. The van der Waals surface area contributed by atoms with Crippen LogP contribution in [-0.4, -0.2) is 22.2 Å². The van der Waals surface area contributed by atoms with E-state index < -0.39 is 0 Å². The Morgan fingerprint density at radius 3 is 3.16 bits per heavy atom. The topological polar surface area (TPSA) is 44.1 Å². The molecule has 0 radical (unpaired) electrons. The Labute approximate surface area is 112 Å². The summed E-state index contributed by atoms with van der Waals surface area (Å²) in [6, 6.07) is 6.20.